The highest BCUT2D eigenvalue weighted by molar-refractivity contribution is 5.79. The van der Waals surface area contributed by atoms with E-state index in [0.717, 1.165) is 17.6 Å². The first-order valence-electron chi connectivity index (χ1n) is 7.90. The van der Waals surface area contributed by atoms with Gasteiger partial charge in [-0.2, -0.15) is 0 Å². The van der Waals surface area contributed by atoms with E-state index < -0.39 is 0 Å². The Morgan fingerprint density at radius 2 is 1.70 bits per heavy atom. The summed E-state index contributed by atoms with van der Waals surface area (Å²) in [6.45, 7) is 4.96. The molecule has 2 atom stereocenters. The second kappa shape index (κ2) is 4.09. The first kappa shape index (κ1) is 13.0. The number of aromatic nitrogens is 3. The highest BCUT2D eigenvalue weighted by Crippen LogP contribution is 2.54. The summed E-state index contributed by atoms with van der Waals surface area (Å²) in [6.07, 6.45) is 4.31. The lowest BCUT2D eigenvalue weighted by atomic mass is 9.83. The van der Waals surface area contributed by atoms with Crippen LogP contribution in [-0.2, 0) is 22.5 Å². The van der Waals surface area contributed by atoms with Crippen molar-refractivity contribution in [3.8, 4) is 0 Å². The smallest absolute Gasteiger partial charge is 0.113 e. The van der Waals surface area contributed by atoms with Crippen LogP contribution in [0, 0.1) is 0 Å². The highest BCUT2D eigenvalue weighted by Gasteiger charge is 2.50. The van der Waals surface area contributed by atoms with Crippen molar-refractivity contribution >= 4 is 11.0 Å². The van der Waals surface area contributed by atoms with E-state index in [4.69, 9.17) is 4.74 Å². The van der Waals surface area contributed by atoms with Gasteiger partial charge in [0.15, 0.2) is 0 Å². The van der Waals surface area contributed by atoms with Gasteiger partial charge in [-0.05, 0) is 54.8 Å². The Morgan fingerprint density at radius 3 is 2.43 bits per heavy atom. The second-order valence-corrected chi connectivity index (χ2v) is 6.77. The molecular weight excluding hydrogens is 286 g/mol. The minimum atomic E-state index is -0.333. The summed E-state index contributed by atoms with van der Waals surface area (Å²) in [5, 5.41) is 8.72. The van der Waals surface area contributed by atoms with Crippen molar-refractivity contribution in [2.75, 3.05) is 0 Å². The average molecular weight is 303 g/mol. The highest BCUT2D eigenvalue weighted by atomic mass is 16.5. The number of ether oxygens (including phenoxy) is 1. The van der Waals surface area contributed by atoms with Gasteiger partial charge in [0.25, 0.3) is 0 Å². The fraction of sp³-hybridized carbons (Fsp3) is 0.263. The van der Waals surface area contributed by atoms with Gasteiger partial charge in [-0.3, -0.25) is 0 Å². The number of hydrogen-bond acceptors (Lipinski definition) is 3. The zero-order valence-electron chi connectivity index (χ0n) is 13.2. The van der Waals surface area contributed by atoms with E-state index in [-0.39, 0.29) is 11.2 Å². The molecule has 0 radical (unpaired) electrons. The lowest BCUT2D eigenvalue weighted by Gasteiger charge is -2.18. The van der Waals surface area contributed by atoms with Crippen molar-refractivity contribution in [1.29, 1.82) is 0 Å². The topological polar surface area (TPSA) is 39.9 Å². The Hall–Kier alpha value is -2.46. The first-order chi connectivity index (χ1) is 11.1. The van der Waals surface area contributed by atoms with Crippen LogP contribution in [0.2, 0.25) is 0 Å². The molecule has 0 fully saturated rings. The van der Waals surface area contributed by atoms with Crippen molar-refractivity contribution in [1.82, 2.24) is 15.0 Å². The summed E-state index contributed by atoms with van der Waals surface area (Å²) in [6, 6.07) is 14.7. The molecule has 2 aliphatic rings. The van der Waals surface area contributed by atoms with Crippen LogP contribution in [0.15, 0.2) is 54.6 Å². The van der Waals surface area contributed by atoms with Crippen molar-refractivity contribution in [2.45, 2.75) is 31.6 Å². The minimum Gasteiger partial charge on any atom is -0.351 e. The predicted molar refractivity (Wildman–Crippen MR) is 88.0 cm³/mol. The standard InChI is InChI=1S/C19H17N3O/c1-18-8-9-19(2,23-18)15-11-17-16(10-14(15)18)20-21-22(17)12-13-6-4-3-5-7-13/h3-11H,12H2,1-2H3. The molecule has 0 amide bonds. The molecule has 2 aliphatic heterocycles. The molecule has 4 nitrogen and oxygen atoms in total. The quantitative estimate of drug-likeness (QED) is 0.680. The van der Waals surface area contributed by atoms with Crippen LogP contribution in [0.3, 0.4) is 0 Å². The Balaban J connectivity index is 1.66. The zero-order chi connectivity index (χ0) is 15.7. The number of rotatable bonds is 2. The van der Waals surface area contributed by atoms with Crippen LogP contribution in [0.4, 0.5) is 0 Å². The normalized spacial score (nSPS) is 27.7. The molecule has 0 saturated heterocycles. The third-order valence-corrected chi connectivity index (χ3v) is 5.04. The van der Waals surface area contributed by atoms with E-state index in [1.165, 1.54) is 16.7 Å². The van der Waals surface area contributed by atoms with Crippen LogP contribution < -0.4 is 0 Å². The fourth-order valence-corrected chi connectivity index (χ4v) is 3.82. The van der Waals surface area contributed by atoms with Gasteiger partial charge in [-0.15, -0.1) is 5.10 Å². The maximum Gasteiger partial charge on any atom is 0.113 e. The number of fused-ring (bicyclic) bond motifs is 6. The maximum atomic E-state index is 6.25. The lowest BCUT2D eigenvalue weighted by Crippen LogP contribution is -2.17. The number of benzene rings is 2. The molecule has 0 aliphatic carbocycles. The minimum absolute atomic E-state index is 0.332. The number of hydrogen-bond donors (Lipinski definition) is 0. The van der Waals surface area contributed by atoms with Gasteiger partial charge < -0.3 is 4.74 Å². The Kier molecular flexibility index (Phi) is 2.31. The van der Waals surface area contributed by atoms with Crippen LogP contribution in [0.1, 0.15) is 30.5 Å². The van der Waals surface area contributed by atoms with Gasteiger partial charge in [0, 0.05) is 0 Å². The molecular formula is C19H17N3O. The summed E-state index contributed by atoms with van der Waals surface area (Å²) in [5.41, 5.74) is 4.97. The largest absolute Gasteiger partial charge is 0.351 e. The molecule has 2 unspecified atom stereocenters. The van der Waals surface area contributed by atoms with Crippen LogP contribution in [0.5, 0.6) is 0 Å². The summed E-state index contributed by atoms with van der Waals surface area (Å²) >= 11 is 0. The average Bonchev–Trinajstić information content (AvgIpc) is 3.15. The Bertz CT molecular complexity index is 959. The SMILES string of the molecule is CC12C=CC(C)(O1)c1cc3c(cc12)nnn3Cc1ccccc1. The first-order valence-corrected chi connectivity index (χ1v) is 7.90. The summed E-state index contributed by atoms with van der Waals surface area (Å²) in [5.74, 6) is 0. The van der Waals surface area contributed by atoms with Gasteiger partial charge in [0.2, 0.25) is 0 Å². The van der Waals surface area contributed by atoms with Crippen molar-refractivity contribution in [2.24, 2.45) is 0 Å². The Morgan fingerprint density at radius 1 is 1.00 bits per heavy atom. The monoisotopic (exact) mass is 303 g/mol. The number of nitrogens with zero attached hydrogens (tertiary/aromatic N) is 3. The van der Waals surface area contributed by atoms with Crippen molar-refractivity contribution < 1.29 is 4.74 Å². The Labute approximate surface area is 134 Å². The maximum absolute atomic E-state index is 6.25. The van der Waals surface area contributed by atoms with Crippen LogP contribution in [0.25, 0.3) is 11.0 Å². The van der Waals surface area contributed by atoms with E-state index in [2.05, 4.69) is 60.6 Å². The van der Waals surface area contributed by atoms with E-state index in [9.17, 15) is 0 Å². The van der Waals surface area contributed by atoms with E-state index in [1.54, 1.807) is 0 Å². The summed E-state index contributed by atoms with van der Waals surface area (Å²) in [4.78, 5) is 0. The molecule has 2 bridgehead atoms. The van der Waals surface area contributed by atoms with E-state index in [0.29, 0.717) is 0 Å². The fourth-order valence-electron chi connectivity index (χ4n) is 3.82. The summed E-state index contributed by atoms with van der Waals surface area (Å²) in [7, 11) is 0. The molecule has 0 spiro atoms. The molecule has 114 valence electrons. The zero-order valence-corrected chi connectivity index (χ0v) is 13.2. The molecule has 3 heterocycles. The molecule has 1 aromatic heterocycles. The van der Waals surface area contributed by atoms with Gasteiger partial charge in [-0.25, -0.2) is 4.68 Å². The van der Waals surface area contributed by atoms with Gasteiger partial charge in [-0.1, -0.05) is 35.5 Å². The third kappa shape index (κ3) is 1.70. The lowest BCUT2D eigenvalue weighted by molar-refractivity contribution is -0.0494. The van der Waals surface area contributed by atoms with Crippen LogP contribution >= 0.6 is 0 Å². The van der Waals surface area contributed by atoms with Gasteiger partial charge in [0.05, 0.1) is 12.1 Å². The predicted octanol–water partition coefficient (Wildman–Crippen LogP) is 3.51. The molecule has 4 heteroatoms. The molecule has 0 N–H and O–H groups in total. The molecule has 5 rings (SSSR count). The molecule has 23 heavy (non-hydrogen) atoms. The van der Waals surface area contributed by atoms with Crippen molar-refractivity contribution in [3.63, 3.8) is 0 Å². The molecule has 2 aromatic carbocycles. The second-order valence-electron chi connectivity index (χ2n) is 6.77. The molecule has 0 saturated carbocycles. The van der Waals surface area contributed by atoms with E-state index >= 15 is 0 Å². The van der Waals surface area contributed by atoms with Gasteiger partial charge in [0.1, 0.15) is 16.7 Å². The van der Waals surface area contributed by atoms with Crippen LogP contribution in [-0.4, -0.2) is 15.0 Å². The molecule has 3 aromatic rings. The van der Waals surface area contributed by atoms with E-state index in [1.807, 2.05) is 22.9 Å². The van der Waals surface area contributed by atoms with Crippen molar-refractivity contribution in [3.05, 3.63) is 71.3 Å². The van der Waals surface area contributed by atoms with Gasteiger partial charge >= 0.3 is 0 Å². The summed E-state index contributed by atoms with van der Waals surface area (Å²) < 4.78 is 8.21. The third-order valence-electron chi connectivity index (χ3n) is 5.04.